The van der Waals surface area contributed by atoms with Gasteiger partial charge in [-0.05, 0) is 36.4 Å². The Kier molecular flexibility index (Phi) is 4.25. The average molecular weight is 380 g/mol. The van der Waals surface area contributed by atoms with Gasteiger partial charge in [0.15, 0.2) is 5.70 Å². The first-order valence-electron chi connectivity index (χ1n) is 7.63. The number of halogens is 3. The van der Waals surface area contributed by atoms with Crippen molar-refractivity contribution in [1.82, 2.24) is 5.53 Å². The highest BCUT2D eigenvalue weighted by atomic mass is 19.4. The van der Waals surface area contributed by atoms with Crippen LogP contribution < -0.4 is 20.5 Å². The van der Waals surface area contributed by atoms with Crippen LogP contribution in [0.2, 0.25) is 0 Å². The molecule has 2 aromatic rings. The molecule has 0 spiro atoms. The number of carbonyl (C=O) groups is 1. The predicted molar refractivity (Wildman–Crippen MR) is 92.7 cm³/mol. The number of amides is 1. The topological polar surface area (TPSA) is 90.6 Å². The normalized spacial score (nSPS) is 16.3. The lowest BCUT2D eigenvalue weighted by atomic mass is 10.1. The van der Waals surface area contributed by atoms with E-state index in [9.17, 15) is 23.1 Å². The standard InChI is InChI=1S/C17H13F3N4O2.H2O/c1-22-12-4-2-3-5-13(12)24-14(15(22)25)16(26)23(21-24)11-8-6-10(7-9-11)17(18,19)20;/h2-9,21,25H,1H3;1H2. The van der Waals surface area contributed by atoms with Crippen LogP contribution in [0.15, 0.2) is 60.1 Å². The molecule has 4 N–H and O–H groups in total. The van der Waals surface area contributed by atoms with E-state index in [4.69, 9.17) is 0 Å². The van der Waals surface area contributed by atoms with E-state index in [0.717, 1.165) is 17.1 Å². The second-order valence-electron chi connectivity index (χ2n) is 5.84. The summed E-state index contributed by atoms with van der Waals surface area (Å²) in [6, 6.07) is 11.3. The molecule has 4 rings (SSSR count). The summed E-state index contributed by atoms with van der Waals surface area (Å²) in [5.74, 6) is -0.834. The first kappa shape index (κ1) is 18.5. The molecule has 7 nitrogen and oxygen atoms in total. The van der Waals surface area contributed by atoms with Crippen LogP contribution in [0.25, 0.3) is 0 Å². The summed E-state index contributed by atoms with van der Waals surface area (Å²) in [4.78, 5) is 14.2. The van der Waals surface area contributed by atoms with Crippen molar-refractivity contribution >= 4 is 23.0 Å². The van der Waals surface area contributed by atoms with Crippen molar-refractivity contribution in [3.63, 3.8) is 0 Å². The largest absolute Gasteiger partial charge is 0.493 e. The second kappa shape index (κ2) is 6.18. The van der Waals surface area contributed by atoms with Crippen molar-refractivity contribution in [1.29, 1.82) is 0 Å². The molecule has 142 valence electrons. The molecule has 10 heteroatoms. The number of nitrogens with zero attached hydrogens (tertiary/aromatic N) is 3. The summed E-state index contributed by atoms with van der Waals surface area (Å²) >= 11 is 0. The van der Waals surface area contributed by atoms with E-state index >= 15 is 0 Å². The van der Waals surface area contributed by atoms with Gasteiger partial charge in [-0.1, -0.05) is 12.1 Å². The second-order valence-corrected chi connectivity index (χ2v) is 5.84. The van der Waals surface area contributed by atoms with Gasteiger partial charge in [0, 0.05) is 7.05 Å². The van der Waals surface area contributed by atoms with Crippen LogP contribution in [0.4, 0.5) is 30.2 Å². The Balaban J connectivity index is 0.00000210. The molecular formula is C17H15F3N4O3. The highest BCUT2D eigenvalue weighted by molar-refractivity contribution is 6.12. The van der Waals surface area contributed by atoms with Gasteiger partial charge in [-0.25, -0.2) is 10.0 Å². The Morgan fingerprint density at radius 1 is 0.963 bits per heavy atom. The van der Waals surface area contributed by atoms with Crippen LogP contribution in [-0.4, -0.2) is 23.5 Å². The van der Waals surface area contributed by atoms with Crippen molar-refractivity contribution in [2.45, 2.75) is 6.18 Å². The van der Waals surface area contributed by atoms with Gasteiger partial charge in [-0.2, -0.15) is 13.2 Å². The minimum Gasteiger partial charge on any atom is -0.493 e. The fourth-order valence-corrected chi connectivity index (χ4v) is 2.95. The SMILES string of the molecule is CN1C(O)=C2C(=O)N(c3ccc(C(F)(F)F)cc3)NN2c2ccccc21.O. The van der Waals surface area contributed by atoms with Gasteiger partial charge >= 0.3 is 6.18 Å². The Labute approximate surface area is 151 Å². The first-order valence-corrected chi connectivity index (χ1v) is 7.63. The van der Waals surface area contributed by atoms with Crippen LogP contribution in [-0.2, 0) is 11.0 Å². The van der Waals surface area contributed by atoms with Crippen LogP contribution in [0.3, 0.4) is 0 Å². The molecule has 0 bridgehead atoms. The molecule has 0 radical (unpaired) electrons. The van der Waals surface area contributed by atoms with E-state index < -0.39 is 17.6 Å². The molecule has 1 saturated heterocycles. The smallest absolute Gasteiger partial charge is 0.416 e. The lowest BCUT2D eigenvalue weighted by Crippen LogP contribution is -2.42. The number of aliphatic hydroxyl groups excluding tert-OH is 1. The van der Waals surface area contributed by atoms with Gasteiger partial charge < -0.3 is 15.5 Å². The number of hydrazine groups is 2. The summed E-state index contributed by atoms with van der Waals surface area (Å²) in [6.07, 6.45) is -4.46. The molecule has 27 heavy (non-hydrogen) atoms. The van der Waals surface area contributed by atoms with Crippen molar-refractivity contribution in [3.05, 3.63) is 65.7 Å². The molecule has 1 amide bonds. The van der Waals surface area contributed by atoms with Gasteiger partial charge in [0.2, 0.25) is 5.88 Å². The molecule has 2 aromatic carbocycles. The van der Waals surface area contributed by atoms with Crippen LogP contribution in [0, 0.1) is 0 Å². The van der Waals surface area contributed by atoms with Crippen molar-refractivity contribution in [2.75, 3.05) is 22.0 Å². The van der Waals surface area contributed by atoms with Crippen LogP contribution in [0.5, 0.6) is 0 Å². The minimum atomic E-state index is -4.46. The Bertz CT molecular complexity index is 928. The first-order chi connectivity index (χ1) is 12.3. The zero-order chi connectivity index (χ0) is 18.6. The van der Waals surface area contributed by atoms with Crippen LogP contribution in [0.1, 0.15) is 5.56 Å². The number of nitrogens with one attached hydrogen (secondary N) is 1. The summed E-state index contributed by atoms with van der Waals surface area (Å²) < 4.78 is 38.2. The highest BCUT2D eigenvalue weighted by Gasteiger charge is 2.43. The highest BCUT2D eigenvalue weighted by Crippen LogP contribution is 2.40. The molecule has 2 heterocycles. The lowest BCUT2D eigenvalue weighted by molar-refractivity contribution is -0.137. The predicted octanol–water partition coefficient (Wildman–Crippen LogP) is 2.33. The number of anilines is 3. The van der Waals surface area contributed by atoms with Gasteiger partial charge in [0.05, 0.1) is 22.6 Å². The maximum atomic E-state index is 12.7. The fourth-order valence-electron chi connectivity index (χ4n) is 2.95. The number of benzene rings is 2. The third-order valence-electron chi connectivity index (χ3n) is 4.30. The minimum absolute atomic E-state index is 0. The molecule has 1 fully saturated rings. The maximum Gasteiger partial charge on any atom is 0.416 e. The monoisotopic (exact) mass is 380 g/mol. The summed E-state index contributed by atoms with van der Waals surface area (Å²) in [5.41, 5.74) is 3.52. The van der Waals surface area contributed by atoms with E-state index in [1.807, 2.05) is 0 Å². The molecule has 0 saturated carbocycles. The summed E-state index contributed by atoms with van der Waals surface area (Å²) in [7, 11) is 1.62. The molecule has 0 aromatic heterocycles. The van der Waals surface area contributed by atoms with Gasteiger partial charge in [-0.15, -0.1) is 5.53 Å². The van der Waals surface area contributed by atoms with E-state index in [-0.39, 0.29) is 22.7 Å². The molecule has 0 aliphatic carbocycles. The van der Waals surface area contributed by atoms with Gasteiger partial charge in [0.1, 0.15) is 0 Å². The van der Waals surface area contributed by atoms with E-state index in [1.165, 1.54) is 22.0 Å². The Morgan fingerprint density at radius 3 is 2.15 bits per heavy atom. The third-order valence-corrected chi connectivity index (χ3v) is 4.30. The van der Waals surface area contributed by atoms with E-state index in [2.05, 4.69) is 5.53 Å². The number of alkyl halides is 3. The van der Waals surface area contributed by atoms with Gasteiger partial charge in [-0.3, -0.25) is 4.79 Å². The lowest BCUT2D eigenvalue weighted by Gasteiger charge is -2.32. The van der Waals surface area contributed by atoms with Crippen molar-refractivity contribution < 1.29 is 28.5 Å². The van der Waals surface area contributed by atoms with Crippen LogP contribution >= 0.6 is 0 Å². The maximum absolute atomic E-state index is 12.7. The Hall–Kier alpha value is -3.24. The van der Waals surface area contributed by atoms with E-state index in [0.29, 0.717) is 11.4 Å². The number of aliphatic hydroxyl groups is 1. The number of para-hydroxylation sites is 2. The number of hydrogen-bond donors (Lipinski definition) is 2. The summed E-state index contributed by atoms with van der Waals surface area (Å²) in [5, 5.41) is 12.9. The number of carbonyl (C=O) groups excluding carboxylic acids is 1. The molecular weight excluding hydrogens is 365 g/mol. The Morgan fingerprint density at radius 2 is 1.56 bits per heavy atom. The van der Waals surface area contributed by atoms with Gasteiger partial charge in [0.25, 0.3) is 5.91 Å². The fraction of sp³-hybridized carbons (Fsp3) is 0.118. The molecule has 0 atom stereocenters. The number of fused-ring (bicyclic) bond motifs is 3. The number of hydrogen-bond acceptors (Lipinski definition) is 5. The zero-order valence-corrected chi connectivity index (χ0v) is 13.9. The number of rotatable bonds is 1. The van der Waals surface area contributed by atoms with Crippen molar-refractivity contribution in [3.8, 4) is 0 Å². The molecule has 0 unspecified atom stereocenters. The third kappa shape index (κ3) is 2.75. The van der Waals surface area contributed by atoms with E-state index in [1.54, 1.807) is 31.3 Å². The summed E-state index contributed by atoms with van der Waals surface area (Å²) in [6.45, 7) is 0. The van der Waals surface area contributed by atoms with Crippen molar-refractivity contribution in [2.24, 2.45) is 0 Å². The molecule has 2 aliphatic rings. The average Bonchev–Trinajstić information content (AvgIpc) is 2.97. The quantitative estimate of drug-likeness (QED) is 0.793. The molecule has 2 aliphatic heterocycles. The zero-order valence-electron chi connectivity index (χ0n) is 13.9.